The Bertz CT molecular complexity index is 1270. The van der Waals surface area contributed by atoms with E-state index >= 15 is 0 Å². The molecule has 1 aliphatic heterocycles. The summed E-state index contributed by atoms with van der Waals surface area (Å²) in [5.74, 6) is 1.17. The molecule has 4 fully saturated rings. The zero-order chi connectivity index (χ0) is 29.2. The molecule has 9 nitrogen and oxygen atoms in total. The van der Waals surface area contributed by atoms with Gasteiger partial charge in [0.1, 0.15) is 5.75 Å². The third-order valence-corrected chi connectivity index (χ3v) is 8.82. The van der Waals surface area contributed by atoms with E-state index in [0.29, 0.717) is 24.1 Å². The van der Waals surface area contributed by atoms with Crippen LogP contribution in [0.3, 0.4) is 0 Å². The van der Waals surface area contributed by atoms with Gasteiger partial charge >= 0.3 is 6.29 Å². The molecule has 1 unspecified atom stereocenters. The van der Waals surface area contributed by atoms with E-state index in [-0.39, 0.29) is 47.5 Å². The summed E-state index contributed by atoms with van der Waals surface area (Å²) < 4.78 is 46.9. The summed E-state index contributed by atoms with van der Waals surface area (Å²) in [6.45, 7) is -0.281. The number of benzene rings is 1. The number of halogens is 2. The highest BCUT2D eigenvalue weighted by atomic mass is 19.3. The standard InChI is InChI=1S/C31H39F2N3O6/c32-31(33)41-24-13-12-23(14-25(24)42-31)39-19-27(37)35-22-9-7-5-3-1-2-4-6-8-20-15-30(16-20,17-22)36-28(38)26-18-34-29(40-26)21-10-11-21/h12-14,18,20-22H,1-11,15-17,19H2,(H,35,37)(H,36,38). The van der Waals surface area contributed by atoms with E-state index in [9.17, 15) is 18.4 Å². The first kappa shape index (κ1) is 28.7. The first-order chi connectivity index (χ1) is 20.3. The molecule has 1 aromatic carbocycles. The van der Waals surface area contributed by atoms with Gasteiger partial charge in [-0.1, -0.05) is 51.4 Å². The van der Waals surface area contributed by atoms with Crippen LogP contribution in [0.2, 0.25) is 0 Å². The fourth-order valence-corrected chi connectivity index (χ4v) is 6.63. The van der Waals surface area contributed by atoms with Crippen molar-refractivity contribution in [2.75, 3.05) is 6.61 Å². The van der Waals surface area contributed by atoms with Gasteiger partial charge in [-0.05, 0) is 56.6 Å². The van der Waals surface area contributed by atoms with Crippen LogP contribution in [0, 0.1) is 5.92 Å². The van der Waals surface area contributed by atoms with E-state index in [4.69, 9.17) is 9.15 Å². The molecule has 7 rings (SSSR count). The molecule has 11 heteroatoms. The topological polar surface area (TPSA) is 112 Å². The highest BCUT2D eigenvalue weighted by Gasteiger charge is 2.47. The molecule has 2 N–H and O–H groups in total. The van der Waals surface area contributed by atoms with Gasteiger partial charge in [-0.25, -0.2) is 4.98 Å². The molecule has 1 atom stereocenters. The van der Waals surface area contributed by atoms with Gasteiger partial charge in [0.25, 0.3) is 11.8 Å². The van der Waals surface area contributed by atoms with E-state index in [1.165, 1.54) is 56.5 Å². The molecule has 4 saturated carbocycles. The Morgan fingerprint density at radius 1 is 0.929 bits per heavy atom. The number of aromatic nitrogens is 1. The second-order valence-electron chi connectivity index (χ2n) is 12.4. The predicted octanol–water partition coefficient (Wildman–Crippen LogP) is 6.23. The number of fused-ring (bicyclic) bond motifs is 11. The Morgan fingerprint density at radius 2 is 1.64 bits per heavy atom. The third-order valence-electron chi connectivity index (χ3n) is 8.82. The van der Waals surface area contributed by atoms with Crippen LogP contribution in [-0.2, 0) is 4.79 Å². The number of rotatable bonds is 7. The van der Waals surface area contributed by atoms with E-state index in [1.807, 2.05) is 0 Å². The number of carbonyl (C=O) groups is 2. The van der Waals surface area contributed by atoms with E-state index < -0.39 is 11.8 Å². The monoisotopic (exact) mass is 587 g/mol. The maximum atomic E-state index is 13.3. The zero-order valence-corrected chi connectivity index (χ0v) is 23.8. The molecule has 2 aromatic rings. The molecule has 4 aliphatic carbocycles. The largest absolute Gasteiger partial charge is 0.586 e. The molecule has 228 valence electrons. The van der Waals surface area contributed by atoms with Gasteiger partial charge in [-0.3, -0.25) is 9.59 Å². The molecular formula is C31H39F2N3O6. The highest BCUT2D eigenvalue weighted by Crippen LogP contribution is 2.45. The maximum absolute atomic E-state index is 13.3. The summed E-state index contributed by atoms with van der Waals surface area (Å²) in [6, 6.07) is 3.90. The highest BCUT2D eigenvalue weighted by molar-refractivity contribution is 5.91. The average Bonchev–Trinajstić information content (AvgIpc) is 3.56. The SMILES string of the molecule is O=C(COc1ccc2c(c1)OC(F)(F)O2)NC1CCCCCCCCCC2CC(NC(=O)c3cnc(C4CC4)o3)(C2)C1. The maximum Gasteiger partial charge on any atom is 0.586 e. The number of hydrogen-bond donors (Lipinski definition) is 2. The third kappa shape index (κ3) is 7.15. The van der Waals surface area contributed by atoms with Crippen molar-refractivity contribution in [2.24, 2.45) is 5.92 Å². The molecular weight excluding hydrogens is 548 g/mol. The van der Waals surface area contributed by atoms with Crippen molar-refractivity contribution in [3.8, 4) is 17.2 Å². The van der Waals surface area contributed by atoms with Gasteiger partial charge in [0, 0.05) is 23.6 Å². The summed E-state index contributed by atoms with van der Waals surface area (Å²) in [4.78, 5) is 30.6. The van der Waals surface area contributed by atoms with Gasteiger partial charge in [-0.2, -0.15) is 0 Å². The van der Waals surface area contributed by atoms with Crippen LogP contribution in [0.25, 0.3) is 0 Å². The number of hydrogen-bond acceptors (Lipinski definition) is 7. The van der Waals surface area contributed by atoms with Crippen LogP contribution >= 0.6 is 0 Å². The lowest BCUT2D eigenvalue weighted by Crippen LogP contribution is -2.60. The Kier molecular flexibility index (Phi) is 8.27. The van der Waals surface area contributed by atoms with Crippen molar-refractivity contribution in [1.82, 2.24) is 15.6 Å². The van der Waals surface area contributed by atoms with E-state index in [1.54, 1.807) is 0 Å². The second-order valence-corrected chi connectivity index (χ2v) is 12.4. The van der Waals surface area contributed by atoms with Crippen LogP contribution in [0.15, 0.2) is 28.8 Å². The molecule has 5 aliphatic rings. The number of carbonyl (C=O) groups excluding carboxylic acids is 2. The number of amides is 2. The van der Waals surface area contributed by atoms with Crippen molar-refractivity contribution in [3.63, 3.8) is 0 Å². The van der Waals surface area contributed by atoms with Crippen LogP contribution in [0.4, 0.5) is 8.78 Å². The number of oxazole rings is 1. The molecule has 2 amide bonds. The number of nitrogens with one attached hydrogen (secondary N) is 2. The lowest BCUT2D eigenvalue weighted by atomic mass is 9.63. The Hall–Kier alpha value is -3.37. The van der Waals surface area contributed by atoms with Crippen LogP contribution in [-0.4, -0.2) is 41.3 Å². The smallest absolute Gasteiger partial charge is 0.484 e. The first-order valence-electron chi connectivity index (χ1n) is 15.4. The minimum atomic E-state index is -3.72. The zero-order valence-electron chi connectivity index (χ0n) is 23.8. The molecule has 42 heavy (non-hydrogen) atoms. The normalized spacial score (nSPS) is 27.3. The van der Waals surface area contributed by atoms with Crippen molar-refractivity contribution in [1.29, 1.82) is 0 Å². The van der Waals surface area contributed by atoms with E-state index in [0.717, 1.165) is 51.4 Å². The fourth-order valence-electron chi connectivity index (χ4n) is 6.63. The molecule has 0 saturated heterocycles. The van der Waals surface area contributed by atoms with Gasteiger partial charge < -0.3 is 29.3 Å². The van der Waals surface area contributed by atoms with Crippen LogP contribution in [0.1, 0.15) is 112 Å². The first-order valence-corrected chi connectivity index (χ1v) is 15.4. The Balaban J connectivity index is 1.10. The number of alkyl halides is 2. The summed E-state index contributed by atoms with van der Waals surface area (Å²) in [5, 5.41) is 6.41. The van der Waals surface area contributed by atoms with Gasteiger partial charge in [0.05, 0.1) is 6.20 Å². The van der Waals surface area contributed by atoms with Crippen molar-refractivity contribution < 1.29 is 37.0 Å². The van der Waals surface area contributed by atoms with Crippen LogP contribution in [0.5, 0.6) is 17.2 Å². The number of nitrogens with zero attached hydrogens (tertiary/aromatic N) is 1. The van der Waals surface area contributed by atoms with Gasteiger partial charge in [0.2, 0.25) is 5.76 Å². The molecule has 2 heterocycles. The number of ether oxygens (including phenoxy) is 3. The quantitative estimate of drug-likeness (QED) is 0.395. The van der Waals surface area contributed by atoms with Gasteiger partial charge in [0.15, 0.2) is 24.0 Å². The summed E-state index contributed by atoms with van der Waals surface area (Å²) in [6.07, 6.45) is 12.4. The van der Waals surface area contributed by atoms with E-state index in [2.05, 4.69) is 25.1 Å². The minimum absolute atomic E-state index is 0.0863. The Labute approximate surface area is 244 Å². The molecule has 2 bridgehead atoms. The predicted molar refractivity (Wildman–Crippen MR) is 148 cm³/mol. The summed E-state index contributed by atoms with van der Waals surface area (Å²) in [5.41, 5.74) is -0.431. The molecule has 1 aromatic heterocycles. The van der Waals surface area contributed by atoms with Crippen molar-refractivity contribution in [2.45, 2.75) is 114 Å². The minimum Gasteiger partial charge on any atom is -0.484 e. The molecule has 0 spiro atoms. The summed E-state index contributed by atoms with van der Waals surface area (Å²) in [7, 11) is 0. The second kappa shape index (κ2) is 12.1. The molecule has 0 radical (unpaired) electrons. The van der Waals surface area contributed by atoms with Crippen molar-refractivity contribution in [3.05, 3.63) is 36.0 Å². The lowest BCUT2D eigenvalue weighted by molar-refractivity contribution is -0.286. The Morgan fingerprint density at radius 3 is 2.40 bits per heavy atom. The summed E-state index contributed by atoms with van der Waals surface area (Å²) >= 11 is 0. The average molecular weight is 588 g/mol. The van der Waals surface area contributed by atoms with Gasteiger partial charge in [-0.15, -0.1) is 8.78 Å². The van der Waals surface area contributed by atoms with Crippen LogP contribution < -0.4 is 24.8 Å². The lowest BCUT2D eigenvalue weighted by Gasteiger charge is -2.50. The van der Waals surface area contributed by atoms with Crippen molar-refractivity contribution >= 4 is 11.8 Å². The fraction of sp³-hybridized carbons (Fsp3) is 0.645.